The number of rotatable bonds is 5. The molecule has 0 radical (unpaired) electrons. The van der Waals surface area contributed by atoms with Gasteiger partial charge in [0.15, 0.2) is 0 Å². The highest BCUT2D eigenvalue weighted by Gasteiger charge is 2.13. The summed E-state index contributed by atoms with van der Waals surface area (Å²) in [6.45, 7) is 2.46. The fourth-order valence-electron chi connectivity index (χ4n) is 2.00. The van der Waals surface area contributed by atoms with Gasteiger partial charge < -0.3 is 14.8 Å². The van der Waals surface area contributed by atoms with Crippen molar-refractivity contribution in [2.75, 3.05) is 32.2 Å². The molecule has 0 unspecified atom stereocenters. The van der Waals surface area contributed by atoms with Gasteiger partial charge in [0.25, 0.3) is 5.88 Å². The Morgan fingerprint density at radius 2 is 2.50 bits per heavy atom. The summed E-state index contributed by atoms with van der Waals surface area (Å²) >= 11 is 0. The maximum Gasteiger partial charge on any atom is 0.255 e. The van der Waals surface area contributed by atoms with E-state index in [4.69, 9.17) is 9.47 Å². The van der Waals surface area contributed by atoms with E-state index in [2.05, 4.69) is 15.3 Å². The zero-order chi connectivity index (χ0) is 12.8. The van der Waals surface area contributed by atoms with Crippen molar-refractivity contribution in [1.82, 2.24) is 9.97 Å². The highest BCUT2D eigenvalue weighted by molar-refractivity contribution is 5.28. The van der Waals surface area contributed by atoms with Gasteiger partial charge in [0, 0.05) is 19.8 Å². The van der Waals surface area contributed by atoms with Gasteiger partial charge in [-0.2, -0.15) is 9.37 Å². The van der Waals surface area contributed by atoms with E-state index in [-0.39, 0.29) is 5.88 Å². The molecule has 0 spiro atoms. The van der Waals surface area contributed by atoms with Crippen LogP contribution in [0.4, 0.5) is 10.3 Å². The third-order valence-electron chi connectivity index (χ3n) is 3.00. The second-order valence-corrected chi connectivity index (χ2v) is 4.35. The first-order valence-corrected chi connectivity index (χ1v) is 6.17. The number of halogens is 1. The third kappa shape index (κ3) is 3.53. The van der Waals surface area contributed by atoms with E-state index in [0.29, 0.717) is 11.9 Å². The molecular weight excluding hydrogens is 237 g/mol. The predicted octanol–water partition coefficient (Wildman–Crippen LogP) is 1.85. The van der Waals surface area contributed by atoms with Gasteiger partial charge in [-0.05, 0) is 25.2 Å². The van der Waals surface area contributed by atoms with Crippen molar-refractivity contribution in [2.24, 2.45) is 5.92 Å². The number of hydrogen-bond donors (Lipinski definition) is 1. The van der Waals surface area contributed by atoms with Crippen LogP contribution in [0.2, 0.25) is 0 Å². The van der Waals surface area contributed by atoms with E-state index in [9.17, 15) is 4.39 Å². The Labute approximate surface area is 106 Å². The number of aromatic nitrogens is 2. The molecule has 0 amide bonds. The van der Waals surface area contributed by atoms with Crippen LogP contribution in [0, 0.1) is 11.7 Å². The van der Waals surface area contributed by atoms with Gasteiger partial charge in [-0.1, -0.05) is 0 Å². The fraction of sp³-hybridized carbons (Fsp3) is 0.667. The quantitative estimate of drug-likeness (QED) is 0.870. The molecule has 18 heavy (non-hydrogen) atoms. The number of methoxy groups -OCH3 is 1. The van der Waals surface area contributed by atoms with E-state index >= 15 is 0 Å². The summed E-state index contributed by atoms with van der Waals surface area (Å²) in [6, 6.07) is 0. The first-order chi connectivity index (χ1) is 8.79. The standard InChI is InChI=1S/C12H18FN3O2/c1-17-11-10(13)7-15-12(16-11)14-5-4-9-3-2-6-18-8-9/h7,9H,2-6,8H2,1H3,(H,14,15,16)/t9-/m1/s1. The van der Waals surface area contributed by atoms with Crippen molar-refractivity contribution in [2.45, 2.75) is 19.3 Å². The minimum Gasteiger partial charge on any atom is -0.479 e. The van der Waals surface area contributed by atoms with Crippen LogP contribution in [0.3, 0.4) is 0 Å². The molecule has 1 saturated heterocycles. The van der Waals surface area contributed by atoms with Crippen LogP contribution < -0.4 is 10.1 Å². The van der Waals surface area contributed by atoms with Crippen LogP contribution in [0.25, 0.3) is 0 Å². The average molecular weight is 255 g/mol. The lowest BCUT2D eigenvalue weighted by Gasteiger charge is -2.21. The molecule has 1 aliphatic heterocycles. The molecule has 0 saturated carbocycles. The van der Waals surface area contributed by atoms with E-state index in [1.807, 2.05) is 0 Å². The lowest BCUT2D eigenvalue weighted by molar-refractivity contribution is 0.0530. The maximum absolute atomic E-state index is 13.1. The molecule has 0 aliphatic carbocycles. The largest absolute Gasteiger partial charge is 0.479 e. The van der Waals surface area contributed by atoms with Crippen LogP contribution in [0.15, 0.2) is 6.20 Å². The molecule has 1 aromatic heterocycles. The minimum atomic E-state index is -0.552. The van der Waals surface area contributed by atoms with E-state index in [1.54, 1.807) is 0 Å². The van der Waals surface area contributed by atoms with Crippen LogP contribution >= 0.6 is 0 Å². The number of nitrogens with one attached hydrogen (secondary N) is 1. The molecule has 5 nitrogen and oxygen atoms in total. The minimum absolute atomic E-state index is 0.0338. The summed E-state index contributed by atoms with van der Waals surface area (Å²) < 4.78 is 23.3. The Hall–Kier alpha value is -1.43. The highest BCUT2D eigenvalue weighted by Crippen LogP contribution is 2.17. The van der Waals surface area contributed by atoms with Crippen molar-refractivity contribution in [3.05, 3.63) is 12.0 Å². The second-order valence-electron chi connectivity index (χ2n) is 4.35. The van der Waals surface area contributed by atoms with Gasteiger partial charge >= 0.3 is 0 Å². The SMILES string of the molecule is COc1nc(NCC[C@H]2CCCOC2)ncc1F. The van der Waals surface area contributed by atoms with Crippen LogP contribution in [-0.2, 0) is 4.74 Å². The topological polar surface area (TPSA) is 56.3 Å². The number of hydrogen-bond acceptors (Lipinski definition) is 5. The van der Waals surface area contributed by atoms with Gasteiger partial charge in [-0.3, -0.25) is 0 Å². The molecule has 0 bridgehead atoms. The summed E-state index contributed by atoms with van der Waals surface area (Å²) in [6.07, 6.45) is 4.45. The molecule has 2 heterocycles. The predicted molar refractivity (Wildman–Crippen MR) is 65.2 cm³/mol. The van der Waals surface area contributed by atoms with Gasteiger partial charge in [-0.15, -0.1) is 0 Å². The Balaban J connectivity index is 1.79. The zero-order valence-electron chi connectivity index (χ0n) is 10.5. The van der Waals surface area contributed by atoms with Crippen molar-refractivity contribution >= 4 is 5.95 Å². The van der Waals surface area contributed by atoms with Crippen molar-refractivity contribution in [3.63, 3.8) is 0 Å². The van der Waals surface area contributed by atoms with Crippen molar-refractivity contribution in [3.8, 4) is 5.88 Å². The van der Waals surface area contributed by atoms with Gasteiger partial charge in [0.2, 0.25) is 11.8 Å². The number of nitrogens with zero attached hydrogens (tertiary/aromatic N) is 2. The third-order valence-corrected chi connectivity index (χ3v) is 3.00. The van der Waals surface area contributed by atoms with E-state index in [0.717, 1.165) is 38.8 Å². The summed E-state index contributed by atoms with van der Waals surface area (Å²) in [4.78, 5) is 7.78. The summed E-state index contributed by atoms with van der Waals surface area (Å²) in [5, 5.41) is 3.07. The first-order valence-electron chi connectivity index (χ1n) is 6.17. The number of anilines is 1. The smallest absolute Gasteiger partial charge is 0.255 e. The lowest BCUT2D eigenvalue weighted by Crippen LogP contribution is -2.20. The van der Waals surface area contributed by atoms with Crippen LogP contribution in [-0.4, -0.2) is 36.8 Å². The molecular formula is C12H18FN3O2. The summed E-state index contributed by atoms with van der Waals surface area (Å²) in [5.74, 6) is 0.399. The van der Waals surface area contributed by atoms with Gasteiger partial charge in [0.1, 0.15) is 0 Å². The molecule has 6 heteroatoms. The Kier molecular flexibility index (Phi) is 4.69. The summed E-state index contributed by atoms with van der Waals surface area (Å²) in [5.41, 5.74) is 0. The molecule has 1 fully saturated rings. The highest BCUT2D eigenvalue weighted by atomic mass is 19.1. The molecule has 1 aliphatic rings. The van der Waals surface area contributed by atoms with Crippen molar-refractivity contribution < 1.29 is 13.9 Å². The normalized spacial score (nSPS) is 19.6. The monoisotopic (exact) mass is 255 g/mol. The number of ether oxygens (including phenoxy) is 2. The summed E-state index contributed by atoms with van der Waals surface area (Å²) in [7, 11) is 1.38. The van der Waals surface area contributed by atoms with Gasteiger partial charge in [-0.25, -0.2) is 4.98 Å². The molecule has 100 valence electrons. The first kappa shape index (κ1) is 13.0. The van der Waals surface area contributed by atoms with E-state index < -0.39 is 5.82 Å². The average Bonchev–Trinajstić information content (AvgIpc) is 2.42. The van der Waals surface area contributed by atoms with Crippen LogP contribution in [0.1, 0.15) is 19.3 Å². The lowest BCUT2D eigenvalue weighted by atomic mass is 9.99. The van der Waals surface area contributed by atoms with Crippen molar-refractivity contribution in [1.29, 1.82) is 0 Å². The van der Waals surface area contributed by atoms with Gasteiger partial charge in [0.05, 0.1) is 13.3 Å². The van der Waals surface area contributed by atoms with E-state index in [1.165, 1.54) is 13.5 Å². The second kappa shape index (κ2) is 6.49. The molecule has 1 aromatic rings. The molecule has 0 aromatic carbocycles. The Morgan fingerprint density at radius 1 is 1.61 bits per heavy atom. The maximum atomic E-state index is 13.1. The fourth-order valence-corrected chi connectivity index (χ4v) is 2.00. The van der Waals surface area contributed by atoms with Crippen LogP contribution in [0.5, 0.6) is 5.88 Å². The molecule has 2 rings (SSSR count). The molecule has 1 atom stereocenters. The Morgan fingerprint density at radius 3 is 3.22 bits per heavy atom. The Bertz CT molecular complexity index is 384. The zero-order valence-corrected chi connectivity index (χ0v) is 10.5. The molecule has 1 N–H and O–H groups in total.